The summed E-state index contributed by atoms with van der Waals surface area (Å²) in [7, 11) is 1.65. The van der Waals surface area contributed by atoms with Crippen molar-refractivity contribution in [3.05, 3.63) is 12.2 Å². The van der Waals surface area contributed by atoms with E-state index in [0.717, 1.165) is 6.42 Å². The minimum absolute atomic E-state index is 0.105. The van der Waals surface area contributed by atoms with Crippen molar-refractivity contribution in [2.75, 3.05) is 7.05 Å². The summed E-state index contributed by atoms with van der Waals surface area (Å²) in [5.41, 5.74) is 0. The molecule has 52 valence electrons. The highest BCUT2D eigenvalue weighted by Crippen LogP contribution is 1.88. The summed E-state index contributed by atoms with van der Waals surface area (Å²) in [5, 5.41) is 2.55. The summed E-state index contributed by atoms with van der Waals surface area (Å²) in [5.74, 6) is 0.105. The van der Waals surface area contributed by atoms with Crippen LogP contribution in [0.3, 0.4) is 0 Å². The Hall–Kier alpha value is -0.790. The van der Waals surface area contributed by atoms with E-state index in [2.05, 4.69) is 5.32 Å². The molecule has 0 saturated carbocycles. The Kier molecular flexibility index (Phi) is 4.88. The largest absolute Gasteiger partial charge is 0.359 e. The molecule has 0 aliphatic heterocycles. The number of rotatable bonds is 3. The fraction of sp³-hybridized carbons (Fsp3) is 0.571. The fourth-order valence-corrected chi connectivity index (χ4v) is 0.506. The molecule has 2 heteroatoms. The van der Waals surface area contributed by atoms with Crippen LogP contribution in [-0.4, -0.2) is 13.0 Å². The molecule has 0 saturated heterocycles. The number of hydrogen-bond donors (Lipinski definition) is 1. The van der Waals surface area contributed by atoms with Gasteiger partial charge in [-0.15, -0.1) is 0 Å². The van der Waals surface area contributed by atoms with E-state index in [1.165, 1.54) is 0 Å². The minimum atomic E-state index is 0.105. The third-order valence-electron chi connectivity index (χ3n) is 1.05. The van der Waals surface area contributed by atoms with Gasteiger partial charge in [0.25, 0.3) is 0 Å². The molecule has 0 heterocycles. The maximum atomic E-state index is 10.5. The summed E-state index contributed by atoms with van der Waals surface area (Å²) >= 11 is 0. The van der Waals surface area contributed by atoms with Gasteiger partial charge in [-0.1, -0.05) is 12.2 Å². The van der Waals surface area contributed by atoms with Gasteiger partial charge in [0.05, 0.1) is 0 Å². The summed E-state index contributed by atoms with van der Waals surface area (Å²) < 4.78 is 0. The fourth-order valence-electron chi connectivity index (χ4n) is 0.506. The van der Waals surface area contributed by atoms with E-state index in [9.17, 15) is 4.79 Å². The molecule has 1 amide bonds. The number of nitrogens with one attached hydrogen (secondary N) is 1. The van der Waals surface area contributed by atoms with Crippen molar-refractivity contribution in [1.29, 1.82) is 0 Å². The van der Waals surface area contributed by atoms with Gasteiger partial charge in [-0.05, 0) is 13.3 Å². The first-order valence-corrected chi connectivity index (χ1v) is 3.13. The smallest absolute Gasteiger partial charge is 0.220 e. The van der Waals surface area contributed by atoms with Crippen LogP contribution >= 0.6 is 0 Å². The molecular weight excluding hydrogens is 114 g/mol. The molecule has 0 aromatic carbocycles. The highest BCUT2D eigenvalue weighted by atomic mass is 16.1. The highest BCUT2D eigenvalue weighted by molar-refractivity contribution is 5.75. The first kappa shape index (κ1) is 8.21. The van der Waals surface area contributed by atoms with E-state index in [1.54, 1.807) is 7.05 Å². The standard InChI is InChI=1S/C7H13NO/c1-3-4-5-6-7(9)8-2/h3-4H,5-6H2,1-2H3,(H,8,9). The maximum Gasteiger partial charge on any atom is 0.220 e. The van der Waals surface area contributed by atoms with E-state index >= 15 is 0 Å². The predicted octanol–water partition coefficient (Wildman–Crippen LogP) is 1.09. The van der Waals surface area contributed by atoms with Crippen molar-refractivity contribution in [2.45, 2.75) is 19.8 Å². The van der Waals surface area contributed by atoms with E-state index in [4.69, 9.17) is 0 Å². The Bertz CT molecular complexity index is 107. The Morgan fingerprint density at radius 1 is 1.67 bits per heavy atom. The number of carbonyl (C=O) groups excluding carboxylic acids is 1. The molecule has 0 aliphatic rings. The summed E-state index contributed by atoms with van der Waals surface area (Å²) in [6.07, 6.45) is 5.37. The van der Waals surface area contributed by atoms with Crippen LogP contribution in [0.2, 0.25) is 0 Å². The average molecular weight is 127 g/mol. The first-order chi connectivity index (χ1) is 4.31. The lowest BCUT2D eigenvalue weighted by atomic mass is 10.3. The second-order valence-corrected chi connectivity index (χ2v) is 1.78. The molecule has 0 atom stereocenters. The van der Waals surface area contributed by atoms with Crippen LogP contribution in [0.5, 0.6) is 0 Å². The monoisotopic (exact) mass is 127 g/mol. The molecule has 0 spiro atoms. The maximum absolute atomic E-state index is 10.5. The van der Waals surface area contributed by atoms with Gasteiger partial charge in [0.15, 0.2) is 0 Å². The number of amides is 1. The predicted molar refractivity (Wildman–Crippen MR) is 38.1 cm³/mol. The van der Waals surface area contributed by atoms with E-state index in [0.29, 0.717) is 6.42 Å². The highest BCUT2D eigenvalue weighted by Gasteiger charge is 1.91. The quantitative estimate of drug-likeness (QED) is 0.565. The summed E-state index contributed by atoms with van der Waals surface area (Å²) in [6.45, 7) is 1.95. The molecule has 0 aromatic heterocycles. The molecular formula is C7H13NO. The lowest BCUT2D eigenvalue weighted by Gasteiger charge is -1.92. The lowest BCUT2D eigenvalue weighted by molar-refractivity contribution is -0.120. The number of hydrogen-bond acceptors (Lipinski definition) is 1. The van der Waals surface area contributed by atoms with Crippen LogP contribution in [0.4, 0.5) is 0 Å². The molecule has 0 aromatic rings. The van der Waals surface area contributed by atoms with E-state index < -0.39 is 0 Å². The Morgan fingerprint density at radius 2 is 2.33 bits per heavy atom. The lowest BCUT2D eigenvalue weighted by Crippen LogP contribution is -2.16. The van der Waals surface area contributed by atoms with Gasteiger partial charge in [-0.25, -0.2) is 0 Å². The van der Waals surface area contributed by atoms with Crippen molar-refractivity contribution >= 4 is 5.91 Å². The third-order valence-corrected chi connectivity index (χ3v) is 1.05. The Morgan fingerprint density at radius 3 is 2.78 bits per heavy atom. The van der Waals surface area contributed by atoms with Crippen LogP contribution < -0.4 is 5.32 Å². The van der Waals surface area contributed by atoms with E-state index in [-0.39, 0.29) is 5.91 Å². The van der Waals surface area contributed by atoms with Crippen molar-refractivity contribution in [3.8, 4) is 0 Å². The number of allylic oxidation sites excluding steroid dienone is 2. The molecule has 2 nitrogen and oxygen atoms in total. The van der Waals surface area contributed by atoms with E-state index in [1.807, 2.05) is 19.1 Å². The van der Waals surface area contributed by atoms with Gasteiger partial charge in [0.2, 0.25) is 5.91 Å². The minimum Gasteiger partial charge on any atom is -0.359 e. The van der Waals surface area contributed by atoms with Crippen molar-refractivity contribution in [1.82, 2.24) is 5.32 Å². The molecule has 0 aliphatic carbocycles. The zero-order chi connectivity index (χ0) is 7.11. The van der Waals surface area contributed by atoms with Gasteiger partial charge in [-0.2, -0.15) is 0 Å². The van der Waals surface area contributed by atoms with Crippen LogP contribution in [-0.2, 0) is 4.79 Å². The zero-order valence-corrected chi connectivity index (χ0v) is 5.98. The molecule has 0 fully saturated rings. The average Bonchev–Trinajstić information content (AvgIpc) is 1.89. The van der Waals surface area contributed by atoms with Crippen molar-refractivity contribution in [3.63, 3.8) is 0 Å². The molecule has 0 unspecified atom stereocenters. The van der Waals surface area contributed by atoms with Crippen LogP contribution in [0.25, 0.3) is 0 Å². The summed E-state index contributed by atoms with van der Waals surface area (Å²) in [4.78, 5) is 10.5. The third kappa shape index (κ3) is 5.07. The van der Waals surface area contributed by atoms with Crippen LogP contribution in [0.15, 0.2) is 12.2 Å². The zero-order valence-electron chi connectivity index (χ0n) is 5.98. The first-order valence-electron chi connectivity index (χ1n) is 3.13. The topological polar surface area (TPSA) is 29.1 Å². The normalized spacial score (nSPS) is 10.0. The van der Waals surface area contributed by atoms with Crippen molar-refractivity contribution < 1.29 is 4.79 Å². The molecule has 0 radical (unpaired) electrons. The van der Waals surface area contributed by atoms with Crippen LogP contribution in [0, 0.1) is 0 Å². The SMILES string of the molecule is CC=CCCC(=O)NC. The second kappa shape index (κ2) is 5.35. The number of carbonyl (C=O) groups is 1. The van der Waals surface area contributed by atoms with Gasteiger partial charge in [0.1, 0.15) is 0 Å². The molecule has 0 rings (SSSR count). The van der Waals surface area contributed by atoms with Crippen LogP contribution in [0.1, 0.15) is 19.8 Å². The second-order valence-electron chi connectivity index (χ2n) is 1.78. The summed E-state index contributed by atoms with van der Waals surface area (Å²) in [6, 6.07) is 0. The van der Waals surface area contributed by atoms with Gasteiger partial charge in [0, 0.05) is 13.5 Å². The molecule has 1 N–H and O–H groups in total. The van der Waals surface area contributed by atoms with Crippen molar-refractivity contribution in [2.24, 2.45) is 0 Å². The molecule has 0 bridgehead atoms. The Balaban J connectivity index is 3.17. The molecule has 9 heavy (non-hydrogen) atoms. The van der Waals surface area contributed by atoms with Gasteiger partial charge < -0.3 is 5.32 Å². The Labute approximate surface area is 56.0 Å². The van der Waals surface area contributed by atoms with Gasteiger partial charge >= 0.3 is 0 Å². The van der Waals surface area contributed by atoms with Gasteiger partial charge in [-0.3, -0.25) is 4.79 Å².